The van der Waals surface area contributed by atoms with Gasteiger partial charge in [-0.3, -0.25) is 0 Å². The van der Waals surface area contributed by atoms with Crippen LogP contribution in [0.1, 0.15) is 30.9 Å². The first-order valence-electron chi connectivity index (χ1n) is 8.14. The standard InChI is InChI=1S/C17H23N5O/c1-14-6-8-21(9-7-14)17(23)19-10-15-2-4-16(5-3-15)11-22-13-18-12-20-22/h2-5,12-14H,6-11H2,1H3,(H,19,23). The minimum absolute atomic E-state index is 0.0450. The van der Waals surface area contributed by atoms with Crippen molar-refractivity contribution >= 4 is 6.03 Å². The van der Waals surface area contributed by atoms with Crippen LogP contribution in [-0.4, -0.2) is 38.8 Å². The molecule has 1 N–H and O–H groups in total. The van der Waals surface area contributed by atoms with Crippen molar-refractivity contribution in [2.45, 2.75) is 32.9 Å². The van der Waals surface area contributed by atoms with Gasteiger partial charge in [0, 0.05) is 19.6 Å². The van der Waals surface area contributed by atoms with Crippen LogP contribution < -0.4 is 5.32 Å². The molecule has 1 aromatic heterocycles. The van der Waals surface area contributed by atoms with Crippen LogP contribution in [0.15, 0.2) is 36.9 Å². The Bertz CT molecular complexity index is 615. The van der Waals surface area contributed by atoms with E-state index in [1.54, 1.807) is 11.0 Å². The van der Waals surface area contributed by atoms with Gasteiger partial charge >= 0.3 is 6.03 Å². The van der Waals surface area contributed by atoms with Gasteiger partial charge in [-0.1, -0.05) is 31.2 Å². The highest BCUT2D eigenvalue weighted by molar-refractivity contribution is 5.74. The molecule has 1 fully saturated rings. The highest BCUT2D eigenvalue weighted by Crippen LogP contribution is 2.16. The van der Waals surface area contributed by atoms with Crippen molar-refractivity contribution in [3.63, 3.8) is 0 Å². The molecule has 2 heterocycles. The van der Waals surface area contributed by atoms with E-state index in [1.165, 1.54) is 6.33 Å². The largest absolute Gasteiger partial charge is 0.334 e. The first-order chi connectivity index (χ1) is 11.2. The lowest BCUT2D eigenvalue weighted by Crippen LogP contribution is -2.43. The van der Waals surface area contributed by atoms with Gasteiger partial charge in [0.2, 0.25) is 0 Å². The highest BCUT2D eigenvalue weighted by Gasteiger charge is 2.19. The Kier molecular flexibility index (Phi) is 4.90. The summed E-state index contributed by atoms with van der Waals surface area (Å²) >= 11 is 0. The predicted molar refractivity (Wildman–Crippen MR) is 87.8 cm³/mol. The van der Waals surface area contributed by atoms with E-state index in [9.17, 15) is 4.79 Å². The number of rotatable bonds is 4. The fraction of sp³-hybridized carbons (Fsp3) is 0.471. The number of urea groups is 1. The van der Waals surface area contributed by atoms with E-state index in [0.29, 0.717) is 13.1 Å². The van der Waals surface area contributed by atoms with Gasteiger partial charge in [0.15, 0.2) is 0 Å². The molecular weight excluding hydrogens is 290 g/mol. The zero-order chi connectivity index (χ0) is 16.1. The van der Waals surface area contributed by atoms with Gasteiger partial charge in [-0.05, 0) is 29.9 Å². The van der Waals surface area contributed by atoms with Crippen LogP contribution in [0.25, 0.3) is 0 Å². The fourth-order valence-corrected chi connectivity index (χ4v) is 2.77. The second-order valence-electron chi connectivity index (χ2n) is 6.24. The lowest BCUT2D eigenvalue weighted by atomic mass is 10.00. The molecule has 2 amide bonds. The third kappa shape index (κ3) is 4.31. The zero-order valence-corrected chi connectivity index (χ0v) is 13.5. The summed E-state index contributed by atoms with van der Waals surface area (Å²) < 4.78 is 1.79. The van der Waals surface area contributed by atoms with Crippen molar-refractivity contribution in [1.82, 2.24) is 25.0 Å². The van der Waals surface area contributed by atoms with Crippen LogP contribution >= 0.6 is 0 Å². The number of nitrogens with zero attached hydrogens (tertiary/aromatic N) is 4. The molecule has 0 aliphatic carbocycles. The molecule has 1 aliphatic heterocycles. The molecule has 0 radical (unpaired) electrons. The van der Waals surface area contributed by atoms with Crippen LogP contribution in [0.2, 0.25) is 0 Å². The van der Waals surface area contributed by atoms with Crippen molar-refractivity contribution in [2.75, 3.05) is 13.1 Å². The van der Waals surface area contributed by atoms with Gasteiger partial charge in [-0.25, -0.2) is 14.5 Å². The van der Waals surface area contributed by atoms with E-state index in [1.807, 2.05) is 17.0 Å². The van der Waals surface area contributed by atoms with Gasteiger partial charge in [0.25, 0.3) is 0 Å². The highest BCUT2D eigenvalue weighted by atomic mass is 16.2. The first-order valence-corrected chi connectivity index (χ1v) is 8.14. The van der Waals surface area contributed by atoms with E-state index >= 15 is 0 Å². The average molecular weight is 313 g/mol. The lowest BCUT2D eigenvalue weighted by Gasteiger charge is -2.30. The van der Waals surface area contributed by atoms with Crippen molar-refractivity contribution in [1.29, 1.82) is 0 Å². The van der Waals surface area contributed by atoms with Gasteiger partial charge in [0.1, 0.15) is 12.7 Å². The van der Waals surface area contributed by atoms with E-state index in [2.05, 4.69) is 34.5 Å². The molecule has 2 aromatic rings. The number of amides is 2. The SMILES string of the molecule is CC1CCN(C(=O)NCc2ccc(Cn3cncn3)cc2)CC1. The molecule has 1 aromatic carbocycles. The number of likely N-dealkylation sites (tertiary alicyclic amines) is 1. The van der Waals surface area contributed by atoms with Crippen molar-refractivity contribution in [2.24, 2.45) is 5.92 Å². The van der Waals surface area contributed by atoms with Crippen molar-refractivity contribution in [3.05, 3.63) is 48.0 Å². The summed E-state index contributed by atoms with van der Waals surface area (Å²) in [5.41, 5.74) is 2.27. The normalized spacial score (nSPS) is 15.6. The number of aromatic nitrogens is 3. The Hall–Kier alpha value is -2.37. The molecule has 23 heavy (non-hydrogen) atoms. The third-order valence-electron chi connectivity index (χ3n) is 4.35. The first kappa shape index (κ1) is 15.5. The van der Waals surface area contributed by atoms with E-state index in [4.69, 9.17) is 0 Å². The predicted octanol–water partition coefficient (Wildman–Crippen LogP) is 2.27. The Balaban J connectivity index is 1.47. The van der Waals surface area contributed by atoms with Crippen LogP contribution in [-0.2, 0) is 13.1 Å². The molecule has 6 nitrogen and oxygen atoms in total. The van der Waals surface area contributed by atoms with Gasteiger partial charge in [-0.2, -0.15) is 5.10 Å². The topological polar surface area (TPSA) is 63.1 Å². The second kappa shape index (κ2) is 7.26. The smallest absolute Gasteiger partial charge is 0.317 e. The summed E-state index contributed by atoms with van der Waals surface area (Å²) in [6, 6.07) is 8.26. The Morgan fingerprint density at radius 1 is 1.22 bits per heavy atom. The number of benzene rings is 1. The summed E-state index contributed by atoms with van der Waals surface area (Å²) in [6.45, 7) is 5.25. The minimum atomic E-state index is 0.0450. The molecule has 0 saturated carbocycles. The summed E-state index contributed by atoms with van der Waals surface area (Å²) in [7, 11) is 0. The minimum Gasteiger partial charge on any atom is -0.334 e. The van der Waals surface area contributed by atoms with E-state index in [-0.39, 0.29) is 6.03 Å². The Labute approximate surface area is 136 Å². The maximum atomic E-state index is 12.2. The van der Waals surface area contributed by atoms with Crippen molar-refractivity contribution in [3.8, 4) is 0 Å². The molecule has 1 aliphatic rings. The lowest BCUT2D eigenvalue weighted by molar-refractivity contribution is 0.173. The maximum absolute atomic E-state index is 12.2. The summed E-state index contributed by atoms with van der Waals surface area (Å²) in [4.78, 5) is 18.0. The van der Waals surface area contributed by atoms with Crippen LogP contribution in [0.5, 0.6) is 0 Å². The number of nitrogens with one attached hydrogen (secondary N) is 1. The maximum Gasteiger partial charge on any atom is 0.317 e. The van der Waals surface area contributed by atoms with Gasteiger partial charge in [0.05, 0.1) is 6.54 Å². The van der Waals surface area contributed by atoms with Crippen LogP contribution in [0.3, 0.4) is 0 Å². The fourth-order valence-electron chi connectivity index (χ4n) is 2.77. The molecule has 6 heteroatoms. The van der Waals surface area contributed by atoms with E-state index < -0.39 is 0 Å². The molecule has 0 spiro atoms. The Morgan fingerprint density at radius 3 is 2.57 bits per heavy atom. The second-order valence-corrected chi connectivity index (χ2v) is 6.24. The Morgan fingerprint density at radius 2 is 1.91 bits per heavy atom. The number of hydrogen-bond donors (Lipinski definition) is 1. The van der Waals surface area contributed by atoms with Crippen molar-refractivity contribution < 1.29 is 4.79 Å². The molecule has 0 unspecified atom stereocenters. The average Bonchev–Trinajstić information content (AvgIpc) is 3.07. The van der Waals surface area contributed by atoms with Crippen LogP contribution in [0, 0.1) is 5.92 Å². The van der Waals surface area contributed by atoms with Gasteiger partial charge < -0.3 is 10.2 Å². The number of carbonyl (C=O) groups excluding carboxylic acids is 1. The summed E-state index contributed by atoms with van der Waals surface area (Å²) in [5, 5.41) is 7.10. The number of carbonyl (C=O) groups is 1. The zero-order valence-electron chi connectivity index (χ0n) is 13.5. The number of hydrogen-bond acceptors (Lipinski definition) is 3. The van der Waals surface area contributed by atoms with Gasteiger partial charge in [-0.15, -0.1) is 0 Å². The summed E-state index contributed by atoms with van der Waals surface area (Å²) in [5.74, 6) is 0.733. The quantitative estimate of drug-likeness (QED) is 0.942. The monoisotopic (exact) mass is 313 g/mol. The van der Waals surface area contributed by atoms with E-state index in [0.717, 1.165) is 43.0 Å². The molecule has 3 rings (SSSR count). The molecule has 0 bridgehead atoms. The molecule has 122 valence electrons. The molecule has 1 saturated heterocycles. The molecular formula is C17H23N5O. The molecule has 0 atom stereocenters. The van der Waals surface area contributed by atoms with Crippen LogP contribution in [0.4, 0.5) is 4.79 Å². The number of piperidine rings is 1. The summed E-state index contributed by atoms with van der Waals surface area (Å²) in [6.07, 6.45) is 5.44. The third-order valence-corrected chi connectivity index (χ3v) is 4.35.